The number of rotatable bonds is 0. The molecular weight excluding hydrogens is 144 g/mol. The van der Waals surface area contributed by atoms with Gasteiger partial charge in [-0.15, -0.1) is 12.6 Å². The molecular formula is C7H6N2S. The Morgan fingerprint density at radius 3 is 3.10 bits per heavy atom. The van der Waals surface area contributed by atoms with Crippen LogP contribution in [-0.4, -0.2) is 9.38 Å². The molecule has 0 aliphatic carbocycles. The van der Waals surface area contributed by atoms with Crippen LogP contribution in [0.25, 0.3) is 5.65 Å². The molecule has 2 aromatic heterocycles. The Morgan fingerprint density at radius 2 is 2.30 bits per heavy atom. The van der Waals surface area contributed by atoms with E-state index in [9.17, 15) is 0 Å². The molecule has 0 N–H and O–H groups in total. The molecule has 0 fully saturated rings. The summed E-state index contributed by atoms with van der Waals surface area (Å²) in [5, 5.41) is 0.912. The van der Waals surface area contributed by atoms with Gasteiger partial charge in [-0.1, -0.05) is 6.07 Å². The minimum absolute atomic E-state index is 0.912. The van der Waals surface area contributed by atoms with Crippen LogP contribution >= 0.6 is 12.6 Å². The molecule has 2 rings (SSSR count). The lowest BCUT2D eigenvalue weighted by atomic mass is 10.5. The Morgan fingerprint density at radius 1 is 1.40 bits per heavy atom. The summed E-state index contributed by atoms with van der Waals surface area (Å²) in [6, 6.07) is 5.81. The van der Waals surface area contributed by atoms with Crippen molar-refractivity contribution < 1.29 is 0 Å². The van der Waals surface area contributed by atoms with Gasteiger partial charge in [-0.2, -0.15) is 0 Å². The van der Waals surface area contributed by atoms with E-state index in [-0.39, 0.29) is 0 Å². The van der Waals surface area contributed by atoms with Crippen molar-refractivity contribution in [2.24, 2.45) is 0 Å². The van der Waals surface area contributed by atoms with Crippen LogP contribution in [0, 0.1) is 0 Å². The predicted molar refractivity (Wildman–Crippen MR) is 42.4 cm³/mol. The van der Waals surface area contributed by atoms with Crippen LogP contribution in [0.15, 0.2) is 35.6 Å². The van der Waals surface area contributed by atoms with E-state index < -0.39 is 0 Å². The van der Waals surface area contributed by atoms with Gasteiger partial charge in [0.15, 0.2) is 0 Å². The summed E-state index contributed by atoms with van der Waals surface area (Å²) < 4.78 is 1.92. The fourth-order valence-electron chi connectivity index (χ4n) is 0.933. The Labute approximate surface area is 63.9 Å². The second kappa shape index (κ2) is 2.02. The fourth-order valence-corrected chi connectivity index (χ4v) is 1.19. The summed E-state index contributed by atoms with van der Waals surface area (Å²) in [4.78, 5) is 4.09. The van der Waals surface area contributed by atoms with Crippen LogP contribution < -0.4 is 0 Å². The minimum Gasteiger partial charge on any atom is -0.295 e. The molecule has 0 saturated carbocycles. The lowest BCUT2D eigenvalue weighted by Gasteiger charge is -1.94. The smallest absolute Gasteiger partial charge is 0.137 e. The van der Waals surface area contributed by atoms with E-state index in [2.05, 4.69) is 17.6 Å². The third-order valence-electron chi connectivity index (χ3n) is 1.41. The van der Waals surface area contributed by atoms with Crippen molar-refractivity contribution in [3.8, 4) is 0 Å². The molecule has 0 spiro atoms. The number of aromatic nitrogens is 2. The number of hydrogen-bond acceptors (Lipinski definition) is 2. The van der Waals surface area contributed by atoms with Gasteiger partial charge >= 0.3 is 0 Å². The number of pyridine rings is 1. The van der Waals surface area contributed by atoms with Gasteiger partial charge in [0.25, 0.3) is 0 Å². The van der Waals surface area contributed by atoms with Crippen molar-refractivity contribution in [2.75, 3.05) is 0 Å². The molecule has 3 heteroatoms. The van der Waals surface area contributed by atoms with Crippen molar-refractivity contribution in [2.45, 2.75) is 5.03 Å². The lowest BCUT2D eigenvalue weighted by Crippen LogP contribution is -1.83. The summed E-state index contributed by atoms with van der Waals surface area (Å²) >= 11 is 4.24. The van der Waals surface area contributed by atoms with E-state index in [1.807, 2.05) is 28.8 Å². The maximum absolute atomic E-state index is 4.24. The number of hydrogen-bond donors (Lipinski definition) is 1. The van der Waals surface area contributed by atoms with Crippen LogP contribution in [0.2, 0.25) is 0 Å². The highest BCUT2D eigenvalue weighted by molar-refractivity contribution is 7.80. The number of fused-ring (bicyclic) bond motifs is 1. The SMILES string of the molecule is Sc1cccc2nccn12. The van der Waals surface area contributed by atoms with Crippen LogP contribution in [0.4, 0.5) is 0 Å². The minimum atomic E-state index is 0.912. The van der Waals surface area contributed by atoms with Gasteiger partial charge in [-0.25, -0.2) is 4.98 Å². The zero-order chi connectivity index (χ0) is 6.97. The van der Waals surface area contributed by atoms with E-state index in [1.165, 1.54) is 0 Å². The molecule has 2 nitrogen and oxygen atoms in total. The van der Waals surface area contributed by atoms with E-state index in [0.29, 0.717) is 0 Å². The normalized spacial score (nSPS) is 10.5. The lowest BCUT2D eigenvalue weighted by molar-refractivity contribution is 1.03. The van der Waals surface area contributed by atoms with Gasteiger partial charge in [-0.05, 0) is 12.1 Å². The first-order chi connectivity index (χ1) is 4.88. The first-order valence-corrected chi connectivity index (χ1v) is 3.44. The molecule has 0 aromatic carbocycles. The molecule has 0 aliphatic heterocycles. The molecule has 0 saturated heterocycles. The molecule has 0 radical (unpaired) electrons. The standard InChI is InChI=1S/C7H6N2S/c10-7-3-1-2-6-8-4-5-9(6)7/h1-5,10H. The molecule has 2 heterocycles. The molecule has 10 heavy (non-hydrogen) atoms. The number of nitrogens with zero attached hydrogens (tertiary/aromatic N) is 2. The second-order valence-electron chi connectivity index (χ2n) is 2.04. The highest BCUT2D eigenvalue weighted by Gasteiger charge is 1.92. The van der Waals surface area contributed by atoms with Crippen LogP contribution in [-0.2, 0) is 0 Å². The van der Waals surface area contributed by atoms with Crippen molar-refractivity contribution in [3.63, 3.8) is 0 Å². The molecule has 50 valence electrons. The van der Waals surface area contributed by atoms with Gasteiger partial charge in [-0.3, -0.25) is 4.40 Å². The number of thiol groups is 1. The van der Waals surface area contributed by atoms with Gasteiger partial charge in [0, 0.05) is 12.4 Å². The third kappa shape index (κ3) is 0.708. The average Bonchev–Trinajstić information content (AvgIpc) is 2.36. The fraction of sp³-hybridized carbons (Fsp3) is 0. The van der Waals surface area contributed by atoms with Crippen molar-refractivity contribution >= 4 is 18.3 Å². The van der Waals surface area contributed by atoms with Crippen molar-refractivity contribution in [1.29, 1.82) is 0 Å². The molecule has 0 aliphatic rings. The van der Waals surface area contributed by atoms with Gasteiger partial charge < -0.3 is 0 Å². The zero-order valence-corrected chi connectivity index (χ0v) is 6.12. The van der Waals surface area contributed by atoms with E-state index >= 15 is 0 Å². The molecule has 2 aromatic rings. The van der Waals surface area contributed by atoms with Gasteiger partial charge in [0.05, 0.1) is 5.03 Å². The first-order valence-electron chi connectivity index (χ1n) is 2.99. The summed E-state index contributed by atoms with van der Waals surface area (Å²) in [6.45, 7) is 0. The maximum atomic E-state index is 4.24. The Hall–Kier alpha value is -0.960. The van der Waals surface area contributed by atoms with Crippen LogP contribution in [0.1, 0.15) is 0 Å². The van der Waals surface area contributed by atoms with Crippen LogP contribution in [0.3, 0.4) is 0 Å². The van der Waals surface area contributed by atoms with E-state index in [0.717, 1.165) is 10.7 Å². The Balaban J connectivity index is 2.95. The molecule has 0 unspecified atom stereocenters. The van der Waals surface area contributed by atoms with Crippen molar-refractivity contribution in [1.82, 2.24) is 9.38 Å². The Bertz CT molecular complexity index is 353. The predicted octanol–water partition coefficient (Wildman–Crippen LogP) is 1.62. The van der Waals surface area contributed by atoms with E-state index in [4.69, 9.17) is 0 Å². The monoisotopic (exact) mass is 150 g/mol. The van der Waals surface area contributed by atoms with Gasteiger partial charge in [0.2, 0.25) is 0 Å². The van der Waals surface area contributed by atoms with Crippen molar-refractivity contribution in [3.05, 3.63) is 30.6 Å². The average molecular weight is 150 g/mol. The van der Waals surface area contributed by atoms with E-state index in [1.54, 1.807) is 6.20 Å². The molecule has 0 atom stereocenters. The third-order valence-corrected chi connectivity index (χ3v) is 1.77. The first kappa shape index (κ1) is 5.80. The number of imidazole rings is 1. The maximum Gasteiger partial charge on any atom is 0.137 e. The Kier molecular flexibility index (Phi) is 1.17. The summed E-state index contributed by atoms with van der Waals surface area (Å²) in [5.74, 6) is 0. The largest absolute Gasteiger partial charge is 0.295 e. The van der Waals surface area contributed by atoms with Crippen LogP contribution in [0.5, 0.6) is 0 Å². The molecule has 0 bridgehead atoms. The summed E-state index contributed by atoms with van der Waals surface area (Å²) in [7, 11) is 0. The quantitative estimate of drug-likeness (QED) is 0.565. The summed E-state index contributed by atoms with van der Waals surface area (Å²) in [6.07, 6.45) is 3.65. The summed E-state index contributed by atoms with van der Waals surface area (Å²) in [5.41, 5.74) is 0.938. The molecule has 0 amide bonds. The highest BCUT2D eigenvalue weighted by Crippen LogP contribution is 2.08. The second-order valence-corrected chi connectivity index (χ2v) is 2.50. The highest BCUT2D eigenvalue weighted by atomic mass is 32.1. The zero-order valence-electron chi connectivity index (χ0n) is 5.23. The topological polar surface area (TPSA) is 17.3 Å². The van der Waals surface area contributed by atoms with Gasteiger partial charge in [0.1, 0.15) is 5.65 Å².